The Morgan fingerprint density at radius 2 is 0.531 bits per heavy atom. The van der Waals surface area contributed by atoms with Crippen molar-refractivity contribution in [3.8, 4) is 66.8 Å². The van der Waals surface area contributed by atoms with Gasteiger partial charge in [-0.25, -0.2) is 0 Å². The average molecular weight is 1300 g/mol. The molecule has 2 aromatic heterocycles. The van der Waals surface area contributed by atoms with Crippen LogP contribution in [0.4, 0.5) is 0 Å². The lowest BCUT2D eigenvalue weighted by molar-refractivity contribution is 0.672. The standard InChI is InChI=1S/C50H30O.C46H28O/c1-3-14-36-31(11-1)23-26-34-13-9-20-37(46(34)36)33-24-27-35(28-25-33)47-39-16-5-7-18-41(39)48(42-19-8-6-17-40(42)47)43-21-10-22-45-49(43)44-30-29-32-12-2-4-15-38(32)50(44)51-45;1-3-17-33-29(12-1)14-10-23-34(33)31-15-9-16-32(28-31)43-36-19-5-7-21-38(36)44(39-22-8-6-20-37(39)43)40-24-11-25-42-45(40)41-27-26-30-13-2-4-18-35(30)46(41)47-42/h1-30H;1-28H/i1D,2D,3D,4D,5D,6D,7D,8D,9D,10D,11D,12D,13D,14D,15D,16D,17D,18D,19D,20D,21D,22D,23D,24D,25D,26D,27D,28D,29D,30D;1D,2D,3D,4D,5D,6D,7D,8D,9D,10D,11D,12D,13D,14D,15D,16D,17D,18D,19D,20D,21D,22D,24D,25D,26D,27D,28D. The Labute approximate surface area is 644 Å². The molecule has 0 unspecified atom stereocenters. The molecule has 0 bridgehead atoms. The zero-order chi connectivity index (χ0) is 114. The minimum atomic E-state index is -1.15. The number of fused-ring (bicyclic) bond motifs is 18. The fourth-order valence-corrected chi connectivity index (χ4v) is 12.4. The topological polar surface area (TPSA) is 26.3 Å². The van der Waals surface area contributed by atoms with E-state index >= 15 is 0 Å². The van der Waals surface area contributed by atoms with Crippen LogP contribution in [0.15, 0.2) is 359 Å². The molecule has 2 heteroatoms. The van der Waals surface area contributed by atoms with E-state index in [-0.39, 0.29) is 0 Å². The fraction of sp³-hybridized carbons (Fsp3) is 0. The van der Waals surface area contributed by atoms with Crippen molar-refractivity contribution in [2.45, 2.75) is 0 Å². The quantitative estimate of drug-likeness (QED) is 0.123. The SMILES string of the molecule is [2H]c1c([2H])c(-c2c([2H])c([2H])c([2H])c3c([2H])c([2H])c4c([2H])c([2H])c([2H])c([2H])c4c23)c([2H])c([2H])c1-c1c2c([2H])c([2H])c([2H])c([2H])c2c(-c2c([2H])c([2H])c([2H])c3oc4c5c([2H])c([2H])c([2H])c([2H])c5c([2H])c([2H])c4c23)c2c([2H])c([2H])c([2H])c([2H])c12.[2H]c1cc(-c2c([2H])c([2H])c([2H])c(-c3c4c([2H])c([2H])c([2H])c([2H])c4c(-c4c([2H])c([2H])c([2H])c5oc6c7c([2H])c([2H])c([2H])c([2H])c7c([2H])c([2H])c6c45)c4c([2H])c([2H])c([2H])c([2H])c34)c2[2H])c2c([2H])c([2H])c([2H])c([2H])c2c1[2H]. The van der Waals surface area contributed by atoms with Crippen molar-refractivity contribution >= 4 is 141 Å². The van der Waals surface area contributed by atoms with Gasteiger partial charge in [-0.15, -0.1) is 0 Å². The summed E-state index contributed by atoms with van der Waals surface area (Å²) in [6.45, 7) is 0. The lowest BCUT2D eigenvalue weighted by atomic mass is 9.84. The molecule has 0 aliphatic heterocycles. The monoisotopic (exact) mass is 1300 g/mol. The molecule has 21 aromatic rings. The highest BCUT2D eigenvalue weighted by Gasteiger charge is 2.24. The molecule has 0 N–H and O–H groups in total. The van der Waals surface area contributed by atoms with Gasteiger partial charge in [0.1, 0.15) is 22.3 Å². The molecule has 0 atom stereocenters. The van der Waals surface area contributed by atoms with E-state index in [1.165, 1.54) is 0 Å². The Morgan fingerprint density at radius 3 is 1.05 bits per heavy atom. The third-order valence-corrected chi connectivity index (χ3v) is 16.5. The second kappa shape index (κ2) is 22.4. The van der Waals surface area contributed by atoms with Gasteiger partial charge in [0.15, 0.2) is 0 Å². The third-order valence-electron chi connectivity index (χ3n) is 16.5. The molecule has 0 saturated carbocycles. The van der Waals surface area contributed by atoms with Crippen LogP contribution < -0.4 is 0 Å². The molecule has 2 heterocycles. The summed E-state index contributed by atoms with van der Waals surface area (Å²) < 4.78 is 528. The molecule has 0 aliphatic rings. The molecule has 0 spiro atoms. The summed E-state index contributed by atoms with van der Waals surface area (Å²) in [5.41, 5.74) is -11.3. The van der Waals surface area contributed by atoms with Crippen LogP contribution in [-0.2, 0) is 0 Å². The Morgan fingerprint density at radius 1 is 0.184 bits per heavy atom. The summed E-state index contributed by atoms with van der Waals surface area (Å²) in [4.78, 5) is 0. The van der Waals surface area contributed by atoms with Gasteiger partial charge in [0.25, 0.3) is 0 Å². The Balaban J connectivity index is 0.000000187. The van der Waals surface area contributed by atoms with Gasteiger partial charge in [0.2, 0.25) is 0 Å². The summed E-state index contributed by atoms with van der Waals surface area (Å²) in [6, 6.07) is -51.2. The van der Waals surface area contributed by atoms with Crippen LogP contribution in [0.5, 0.6) is 0 Å². The number of benzene rings is 19. The number of hydrogen-bond acceptors (Lipinski definition) is 2. The summed E-state index contributed by atoms with van der Waals surface area (Å²) in [5.74, 6) is 0. The van der Waals surface area contributed by atoms with Gasteiger partial charge in [0.05, 0.1) is 78.1 Å². The predicted octanol–water partition coefficient (Wildman–Crippen LogP) is 27.6. The van der Waals surface area contributed by atoms with Crippen LogP contribution in [0.3, 0.4) is 0 Å². The van der Waals surface area contributed by atoms with E-state index in [2.05, 4.69) is 0 Å². The van der Waals surface area contributed by atoms with E-state index in [0.29, 0.717) is 0 Å². The van der Waals surface area contributed by atoms with Gasteiger partial charge in [-0.05, 0) is 183 Å². The highest BCUT2D eigenvalue weighted by Crippen LogP contribution is 2.51. The summed E-state index contributed by atoms with van der Waals surface area (Å²) >= 11 is 0. The van der Waals surface area contributed by atoms with Crippen molar-refractivity contribution in [3.63, 3.8) is 0 Å². The number of furan rings is 2. The second-order valence-corrected chi connectivity index (χ2v) is 21.6. The Bertz CT molecular complexity index is 10300. The third kappa shape index (κ3) is 8.68. The highest BCUT2D eigenvalue weighted by atomic mass is 16.3. The van der Waals surface area contributed by atoms with Crippen LogP contribution in [0.25, 0.3) is 208 Å². The summed E-state index contributed by atoms with van der Waals surface area (Å²) in [7, 11) is 0. The molecular formula is C96H58O2. The Hall–Kier alpha value is -12.9. The van der Waals surface area contributed by atoms with Gasteiger partial charge in [-0.2, -0.15) is 0 Å². The van der Waals surface area contributed by atoms with Gasteiger partial charge in [0, 0.05) is 32.3 Å². The fourth-order valence-electron chi connectivity index (χ4n) is 12.4. The normalized spacial score (nSPS) is 20.0. The minimum absolute atomic E-state index is 0.454. The maximum Gasteiger partial charge on any atom is 0.143 e. The van der Waals surface area contributed by atoms with Crippen molar-refractivity contribution in [3.05, 3.63) is 350 Å². The summed E-state index contributed by atoms with van der Waals surface area (Å²) in [5, 5.41) is -13.4. The van der Waals surface area contributed by atoms with Crippen molar-refractivity contribution in [2.24, 2.45) is 0 Å². The zero-order valence-electron chi connectivity index (χ0n) is 106. The molecule has 0 fully saturated rings. The van der Waals surface area contributed by atoms with Crippen molar-refractivity contribution in [1.29, 1.82) is 0 Å². The molecule has 21 rings (SSSR count). The molecule has 0 radical (unpaired) electrons. The highest BCUT2D eigenvalue weighted by molar-refractivity contribution is 6.29. The van der Waals surface area contributed by atoms with Crippen molar-refractivity contribution in [2.75, 3.05) is 0 Å². The molecule has 454 valence electrons. The minimum Gasteiger partial charge on any atom is -0.455 e. The van der Waals surface area contributed by atoms with Gasteiger partial charge in [-0.1, -0.05) is 320 Å². The first-order valence-corrected chi connectivity index (χ1v) is 29.1. The number of hydrogen-bond donors (Lipinski definition) is 0. The van der Waals surface area contributed by atoms with Crippen LogP contribution in [0, 0.1) is 0 Å². The van der Waals surface area contributed by atoms with E-state index in [4.69, 9.17) is 60.9 Å². The molecule has 0 aliphatic carbocycles. The van der Waals surface area contributed by atoms with E-state index in [0.717, 1.165) is 6.07 Å². The van der Waals surface area contributed by atoms with Crippen LogP contribution in [-0.4, -0.2) is 0 Å². The molecule has 19 aromatic carbocycles. The van der Waals surface area contributed by atoms with Crippen LogP contribution in [0.1, 0.15) is 78.1 Å². The molecular weight excluding hydrogens is 1190 g/mol. The first kappa shape index (κ1) is 23.2. The maximum atomic E-state index is 9.87. The molecule has 98 heavy (non-hydrogen) atoms. The lowest BCUT2D eigenvalue weighted by Gasteiger charge is -2.19. The predicted molar refractivity (Wildman–Crippen MR) is 418 cm³/mol. The molecule has 0 amide bonds. The number of rotatable bonds is 6. The van der Waals surface area contributed by atoms with Gasteiger partial charge in [-0.3, -0.25) is 0 Å². The van der Waals surface area contributed by atoms with Gasteiger partial charge < -0.3 is 8.83 Å². The van der Waals surface area contributed by atoms with Crippen LogP contribution >= 0.6 is 0 Å². The van der Waals surface area contributed by atoms with Crippen molar-refractivity contribution < 1.29 is 87.0 Å². The van der Waals surface area contributed by atoms with Gasteiger partial charge >= 0.3 is 0 Å². The molecule has 2 nitrogen and oxygen atoms in total. The Kier molecular flexibility index (Phi) is 5.30. The molecule has 0 saturated heterocycles. The zero-order valence-corrected chi connectivity index (χ0v) is 48.9. The lowest BCUT2D eigenvalue weighted by Crippen LogP contribution is -1.91. The maximum absolute atomic E-state index is 9.87. The largest absolute Gasteiger partial charge is 0.455 e. The van der Waals surface area contributed by atoms with E-state index in [1.54, 1.807) is 0 Å². The van der Waals surface area contributed by atoms with E-state index in [1.807, 2.05) is 0 Å². The first-order valence-electron chi connectivity index (χ1n) is 57.6. The first-order chi connectivity index (χ1) is 72.4. The summed E-state index contributed by atoms with van der Waals surface area (Å²) in [6.07, 6.45) is 0. The smallest absolute Gasteiger partial charge is 0.143 e. The van der Waals surface area contributed by atoms with Crippen molar-refractivity contribution in [1.82, 2.24) is 0 Å². The average Bonchev–Trinajstić information content (AvgIpc) is 1.62. The van der Waals surface area contributed by atoms with Crippen LogP contribution in [0.2, 0.25) is 0 Å². The second-order valence-electron chi connectivity index (χ2n) is 21.6. The van der Waals surface area contributed by atoms with E-state index in [9.17, 15) is 26.0 Å². The van der Waals surface area contributed by atoms with E-state index < -0.39 is 552 Å².